The number of para-hydroxylation sites is 2. The quantitative estimate of drug-likeness (QED) is 0.814. The number of benzene rings is 2. The molecule has 1 aliphatic rings. The molecule has 0 aliphatic carbocycles. The largest absolute Gasteiger partial charge is 0.398 e. The predicted molar refractivity (Wildman–Crippen MR) is 76.6 cm³/mol. The van der Waals surface area contributed by atoms with Crippen LogP contribution >= 0.6 is 0 Å². The van der Waals surface area contributed by atoms with Gasteiger partial charge in [0.2, 0.25) is 0 Å². The first kappa shape index (κ1) is 11.1. The molecular weight excluding hydrogens is 220 g/mol. The molecule has 0 saturated carbocycles. The van der Waals surface area contributed by atoms with Crippen molar-refractivity contribution in [3.05, 3.63) is 59.7 Å². The first-order chi connectivity index (χ1) is 8.75. The van der Waals surface area contributed by atoms with Crippen molar-refractivity contribution in [1.29, 1.82) is 0 Å². The molecular formula is C16H18N2. The van der Waals surface area contributed by atoms with Crippen molar-refractivity contribution in [2.45, 2.75) is 25.9 Å². The highest BCUT2D eigenvalue weighted by Gasteiger charge is 2.25. The molecule has 0 aromatic heterocycles. The van der Waals surface area contributed by atoms with Gasteiger partial charge in [-0.2, -0.15) is 0 Å². The van der Waals surface area contributed by atoms with Crippen LogP contribution < -0.4 is 10.6 Å². The molecule has 1 unspecified atom stereocenters. The highest BCUT2D eigenvalue weighted by molar-refractivity contribution is 5.60. The monoisotopic (exact) mass is 238 g/mol. The van der Waals surface area contributed by atoms with Gasteiger partial charge in [-0.05, 0) is 36.6 Å². The van der Waals surface area contributed by atoms with Crippen LogP contribution in [0.2, 0.25) is 0 Å². The van der Waals surface area contributed by atoms with E-state index < -0.39 is 0 Å². The summed E-state index contributed by atoms with van der Waals surface area (Å²) in [4.78, 5) is 2.45. The minimum atomic E-state index is 0.544. The average Bonchev–Trinajstić information content (AvgIpc) is 2.69. The molecule has 2 heteroatoms. The molecule has 3 rings (SSSR count). The minimum absolute atomic E-state index is 0.544. The molecule has 1 heterocycles. The minimum Gasteiger partial charge on any atom is -0.398 e. The second kappa shape index (κ2) is 4.37. The summed E-state index contributed by atoms with van der Waals surface area (Å²) in [6, 6.07) is 17.3. The van der Waals surface area contributed by atoms with E-state index in [-0.39, 0.29) is 0 Å². The maximum Gasteiger partial charge on any atom is 0.0453 e. The third-order valence-electron chi connectivity index (χ3n) is 3.74. The summed E-state index contributed by atoms with van der Waals surface area (Å²) in [5.74, 6) is 0. The lowest BCUT2D eigenvalue weighted by molar-refractivity contribution is 0.673. The van der Waals surface area contributed by atoms with E-state index in [4.69, 9.17) is 5.73 Å². The zero-order valence-corrected chi connectivity index (χ0v) is 10.6. The number of hydrogen-bond acceptors (Lipinski definition) is 2. The number of anilines is 2. The highest BCUT2D eigenvalue weighted by atomic mass is 15.2. The van der Waals surface area contributed by atoms with Crippen LogP contribution in [0.3, 0.4) is 0 Å². The molecule has 2 N–H and O–H groups in total. The maximum atomic E-state index is 6.04. The molecule has 1 aliphatic heterocycles. The summed E-state index contributed by atoms with van der Waals surface area (Å²) in [7, 11) is 0. The fourth-order valence-corrected chi connectivity index (χ4v) is 2.73. The summed E-state index contributed by atoms with van der Waals surface area (Å²) in [5.41, 5.74) is 10.9. The van der Waals surface area contributed by atoms with Crippen LogP contribution in [0.15, 0.2) is 48.5 Å². The number of rotatable bonds is 2. The van der Waals surface area contributed by atoms with Gasteiger partial charge in [0.25, 0.3) is 0 Å². The number of nitrogens with zero attached hydrogens (tertiary/aromatic N) is 1. The Kier molecular flexibility index (Phi) is 2.71. The highest BCUT2D eigenvalue weighted by Crippen LogP contribution is 2.33. The van der Waals surface area contributed by atoms with E-state index in [1.807, 2.05) is 12.1 Å². The lowest BCUT2D eigenvalue weighted by atomic mass is 10.1. The van der Waals surface area contributed by atoms with Gasteiger partial charge in [0.15, 0.2) is 0 Å². The Bertz CT molecular complexity index is 563. The van der Waals surface area contributed by atoms with E-state index >= 15 is 0 Å². The molecule has 1 atom stereocenters. The topological polar surface area (TPSA) is 29.3 Å². The van der Waals surface area contributed by atoms with Gasteiger partial charge >= 0.3 is 0 Å². The van der Waals surface area contributed by atoms with Crippen molar-refractivity contribution in [2.75, 3.05) is 10.6 Å². The van der Waals surface area contributed by atoms with Gasteiger partial charge in [0, 0.05) is 24.0 Å². The third kappa shape index (κ3) is 1.84. The summed E-state index contributed by atoms with van der Waals surface area (Å²) >= 11 is 0. The Morgan fingerprint density at radius 2 is 1.83 bits per heavy atom. The van der Waals surface area contributed by atoms with Crippen LogP contribution in [0.25, 0.3) is 0 Å². The van der Waals surface area contributed by atoms with Crippen LogP contribution in [0.4, 0.5) is 11.4 Å². The SMILES string of the molecule is CC1Cc2ccccc2N1Cc1ccccc1N. The number of nitrogen functional groups attached to an aromatic ring is 1. The van der Waals surface area contributed by atoms with Gasteiger partial charge in [0.05, 0.1) is 0 Å². The Balaban J connectivity index is 1.92. The first-order valence-electron chi connectivity index (χ1n) is 6.43. The molecule has 0 amide bonds. The standard InChI is InChI=1S/C16H18N2/c1-12-10-13-6-3-5-9-16(13)18(12)11-14-7-2-4-8-15(14)17/h2-9,12H,10-11,17H2,1H3. The van der Waals surface area contributed by atoms with Crippen molar-refractivity contribution in [3.8, 4) is 0 Å². The number of nitrogens with two attached hydrogens (primary N) is 1. The molecule has 0 radical (unpaired) electrons. The van der Waals surface area contributed by atoms with Crippen molar-refractivity contribution in [1.82, 2.24) is 0 Å². The van der Waals surface area contributed by atoms with Gasteiger partial charge in [-0.1, -0.05) is 36.4 Å². The molecule has 2 aromatic rings. The van der Waals surface area contributed by atoms with E-state index in [9.17, 15) is 0 Å². The van der Waals surface area contributed by atoms with Gasteiger partial charge in [-0.3, -0.25) is 0 Å². The van der Waals surface area contributed by atoms with Crippen LogP contribution in [-0.4, -0.2) is 6.04 Å². The molecule has 0 saturated heterocycles. The maximum absolute atomic E-state index is 6.04. The lowest BCUT2D eigenvalue weighted by Gasteiger charge is -2.25. The van der Waals surface area contributed by atoms with E-state index in [0.717, 1.165) is 18.7 Å². The lowest BCUT2D eigenvalue weighted by Crippen LogP contribution is -2.28. The molecule has 0 spiro atoms. The Morgan fingerprint density at radius 3 is 2.67 bits per heavy atom. The number of fused-ring (bicyclic) bond motifs is 1. The van der Waals surface area contributed by atoms with Crippen molar-refractivity contribution < 1.29 is 0 Å². The van der Waals surface area contributed by atoms with Crippen LogP contribution in [0, 0.1) is 0 Å². The number of hydrogen-bond donors (Lipinski definition) is 1. The van der Waals surface area contributed by atoms with Gasteiger partial charge in [-0.15, -0.1) is 0 Å². The summed E-state index contributed by atoms with van der Waals surface area (Å²) in [6.45, 7) is 3.17. The predicted octanol–water partition coefficient (Wildman–Crippen LogP) is 3.22. The Hall–Kier alpha value is -1.96. The van der Waals surface area contributed by atoms with E-state index in [2.05, 4.69) is 48.2 Å². The van der Waals surface area contributed by atoms with E-state index in [0.29, 0.717) is 6.04 Å². The Labute approximate surface area is 108 Å². The zero-order chi connectivity index (χ0) is 12.5. The van der Waals surface area contributed by atoms with Gasteiger partial charge in [0.1, 0.15) is 0 Å². The van der Waals surface area contributed by atoms with E-state index in [1.54, 1.807) is 0 Å². The smallest absolute Gasteiger partial charge is 0.0453 e. The summed E-state index contributed by atoms with van der Waals surface area (Å²) in [6.07, 6.45) is 1.13. The fraction of sp³-hybridized carbons (Fsp3) is 0.250. The van der Waals surface area contributed by atoms with E-state index in [1.165, 1.54) is 16.8 Å². The van der Waals surface area contributed by atoms with Crippen LogP contribution in [-0.2, 0) is 13.0 Å². The zero-order valence-electron chi connectivity index (χ0n) is 10.6. The van der Waals surface area contributed by atoms with Gasteiger partial charge < -0.3 is 10.6 Å². The second-order valence-electron chi connectivity index (χ2n) is 5.01. The summed E-state index contributed by atoms with van der Waals surface area (Å²) in [5, 5.41) is 0. The van der Waals surface area contributed by atoms with Gasteiger partial charge in [-0.25, -0.2) is 0 Å². The Morgan fingerprint density at radius 1 is 1.11 bits per heavy atom. The first-order valence-corrected chi connectivity index (χ1v) is 6.43. The summed E-state index contributed by atoms with van der Waals surface area (Å²) < 4.78 is 0. The molecule has 2 aromatic carbocycles. The molecule has 2 nitrogen and oxygen atoms in total. The van der Waals surface area contributed by atoms with Crippen molar-refractivity contribution in [2.24, 2.45) is 0 Å². The van der Waals surface area contributed by atoms with Crippen molar-refractivity contribution >= 4 is 11.4 Å². The fourth-order valence-electron chi connectivity index (χ4n) is 2.73. The normalized spacial score (nSPS) is 17.8. The molecule has 92 valence electrons. The molecule has 18 heavy (non-hydrogen) atoms. The average molecular weight is 238 g/mol. The second-order valence-corrected chi connectivity index (χ2v) is 5.01. The molecule has 0 fully saturated rings. The third-order valence-corrected chi connectivity index (χ3v) is 3.74. The molecule has 0 bridgehead atoms. The van der Waals surface area contributed by atoms with Crippen LogP contribution in [0.1, 0.15) is 18.1 Å². The van der Waals surface area contributed by atoms with Crippen LogP contribution in [0.5, 0.6) is 0 Å². The van der Waals surface area contributed by atoms with Crippen molar-refractivity contribution in [3.63, 3.8) is 0 Å².